The number of carboxylic acid groups (broad SMARTS) is 1. The van der Waals surface area contributed by atoms with Crippen LogP contribution in [0.3, 0.4) is 0 Å². The van der Waals surface area contributed by atoms with Crippen molar-refractivity contribution in [1.29, 1.82) is 0 Å². The van der Waals surface area contributed by atoms with Gasteiger partial charge in [-0.25, -0.2) is 4.79 Å². The van der Waals surface area contributed by atoms with Gasteiger partial charge in [0.25, 0.3) is 0 Å². The lowest BCUT2D eigenvalue weighted by Crippen LogP contribution is -2.58. The third kappa shape index (κ3) is 13.1. The third-order valence-electron chi connectivity index (χ3n) is 4.87. The highest BCUT2D eigenvalue weighted by Crippen LogP contribution is 2.07. The maximum atomic E-state index is 12.9. The first kappa shape index (κ1) is 31.5. The number of hydrogen-bond acceptors (Lipinski definition) is 9. The van der Waals surface area contributed by atoms with E-state index in [-0.39, 0.29) is 12.8 Å². The van der Waals surface area contributed by atoms with Gasteiger partial charge >= 0.3 is 5.97 Å². The Bertz CT molecular complexity index is 626. The minimum absolute atomic E-state index is 0.227. The molecule has 0 aromatic carbocycles. The summed E-state index contributed by atoms with van der Waals surface area (Å²) in [5.74, 6) is -1.90. The van der Waals surface area contributed by atoms with E-state index in [1.54, 1.807) is 0 Å². The van der Waals surface area contributed by atoms with Crippen molar-refractivity contribution in [2.24, 2.45) is 11.5 Å². The van der Waals surface area contributed by atoms with Crippen molar-refractivity contribution in [3.8, 4) is 0 Å². The highest BCUT2D eigenvalue weighted by Gasteiger charge is 2.30. The number of nitrogens with two attached hydrogens (primary N) is 2. The Morgan fingerprint density at radius 3 is 1.67 bits per heavy atom. The van der Waals surface area contributed by atoms with Gasteiger partial charge in [-0.3, -0.25) is 14.4 Å². The first-order valence-electron chi connectivity index (χ1n) is 10.8. The van der Waals surface area contributed by atoms with Crippen LogP contribution in [0.25, 0.3) is 0 Å². The summed E-state index contributed by atoms with van der Waals surface area (Å²) in [6.45, 7) is 1.80. The van der Waals surface area contributed by atoms with Crippen LogP contribution in [0.1, 0.15) is 39.0 Å². The molecule has 0 aliphatic carbocycles. The molecule has 0 aromatic heterocycles. The summed E-state index contributed by atoms with van der Waals surface area (Å²) in [7, 11) is 0. The molecule has 0 rings (SSSR count). The number of carbonyl (C=O) groups excluding carboxylic acids is 3. The minimum Gasteiger partial charge on any atom is -0.480 e. The van der Waals surface area contributed by atoms with Gasteiger partial charge in [0.2, 0.25) is 17.7 Å². The zero-order valence-electron chi connectivity index (χ0n) is 19.5. The normalized spacial score (nSPS) is 15.6. The fraction of sp³-hybridized carbons (Fsp3) is 0.800. The molecule has 5 atom stereocenters. The van der Waals surface area contributed by atoms with Gasteiger partial charge in [-0.15, -0.1) is 0 Å². The van der Waals surface area contributed by atoms with E-state index in [9.17, 15) is 29.4 Å². The number of carbonyl (C=O) groups is 4. The topological polar surface area (TPSA) is 197 Å². The molecule has 0 aliphatic rings. The van der Waals surface area contributed by atoms with Gasteiger partial charge in [-0.2, -0.15) is 23.5 Å². The summed E-state index contributed by atoms with van der Waals surface area (Å²) in [5, 5.41) is 26.6. The van der Waals surface area contributed by atoms with Crippen LogP contribution in [0, 0.1) is 0 Å². The lowest BCUT2D eigenvalue weighted by Gasteiger charge is -2.25. The van der Waals surface area contributed by atoms with Gasteiger partial charge in [0, 0.05) is 0 Å². The number of amides is 3. The lowest BCUT2D eigenvalue weighted by molar-refractivity contribution is -0.142. The largest absolute Gasteiger partial charge is 0.480 e. The Labute approximate surface area is 203 Å². The van der Waals surface area contributed by atoms with E-state index in [0.29, 0.717) is 37.3 Å². The zero-order chi connectivity index (χ0) is 25.4. The predicted octanol–water partition coefficient (Wildman–Crippen LogP) is -1.13. The second-order valence-corrected chi connectivity index (χ2v) is 9.61. The van der Waals surface area contributed by atoms with Crippen molar-refractivity contribution in [3.05, 3.63) is 0 Å². The Hall–Kier alpha value is -1.54. The molecule has 13 heteroatoms. The molecule has 0 bridgehead atoms. The molecule has 3 amide bonds. The molecule has 0 radical (unpaired) electrons. The van der Waals surface area contributed by atoms with E-state index in [2.05, 4.69) is 16.0 Å². The number of aliphatic hydroxyl groups is 1. The highest BCUT2D eigenvalue weighted by molar-refractivity contribution is 7.98. The van der Waals surface area contributed by atoms with Crippen molar-refractivity contribution < 1.29 is 29.4 Å². The molecule has 192 valence electrons. The Kier molecular flexibility index (Phi) is 17.0. The van der Waals surface area contributed by atoms with Gasteiger partial charge in [0.05, 0.1) is 6.10 Å². The number of rotatable bonds is 18. The molecule has 33 heavy (non-hydrogen) atoms. The van der Waals surface area contributed by atoms with Gasteiger partial charge in [-0.1, -0.05) is 0 Å². The van der Waals surface area contributed by atoms with Crippen LogP contribution in [-0.4, -0.2) is 94.7 Å². The standard InChI is InChI=1S/C20H39N5O6S2/c1-12(26)16(22)19(29)24-14(8-11-33-3)17(27)23-13(7-10-32-2)18(28)25-15(20(30)31)6-4-5-9-21/h12-16,26H,4-11,21-22H2,1-3H3,(H,23,27)(H,24,29)(H,25,28)(H,30,31). The number of unbranched alkanes of at least 4 members (excludes halogenated alkanes) is 1. The summed E-state index contributed by atoms with van der Waals surface area (Å²) in [5.41, 5.74) is 11.1. The van der Waals surface area contributed by atoms with Crippen LogP contribution in [-0.2, 0) is 19.2 Å². The monoisotopic (exact) mass is 509 g/mol. The number of nitrogens with one attached hydrogen (secondary N) is 3. The fourth-order valence-electron chi connectivity index (χ4n) is 2.79. The molecule has 0 saturated carbocycles. The average molecular weight is 510 g/mol. The number of aliphatic hydroxyl groups excluding tert-OH is 1. The summed E-state index contributed by atoms with van der Waals surface area (Å²) >= 11 is 2.96. The molecular weight excluding hydrogens is 470 g/mol. The molecule has 9 N–H and O–H groups in total. The highest BCUT2D eigenvalue weighted by atomic mass is 32.2. The van der Waals surface area contributed by atoms with E-state index < -0.39 is 54.0 Å². The Morgan fingerprint density at radius 2 is 1.27 bits per heavy atom. The van der Waals surface area contributed by atoms with Crippen LogP contribution < -0.4 is 27.4 Å². The summed E-state index contributed by atoms with van der Waals surface area (Å²) in [6, 6.07) is -4.22. The van der Waals surface area contributed by atoms with Crippen molar-refractivity contribution in [1.82, 2.24) is 16.0 Å². The van der Waals surface area contributed by atoms with Crippen LogP contribution in [0.5, 0.6) is 0 Å². The van der Waals surface area contributed by atoms with E-state index in [1.807, 2.05) is 12.5 Å². The van der Waals surface area contributed by atoms with E-state index in [4.69, 9.17) is 11.5 Å². The number of carboxylic acids is 1. The second-order valence-electron chi connectivity index (χ2n) is 7.64. The molecule has 0 heterocycles. The van der Waals surface area contributed by atoms with Crippen molar-refractivity contribution in [2.75, 3.05) is 30.6 Å². The van der Waals surface area contributed by atoms with E-state index in [1.165, 1.54) is 30.4 Å². The fourth-order valence-corrected chi connectivity index (χ4v) is 3.73. The number of thioether (sulfide) groups is 2. The molecule has 11 nitrogen and oxygen atoms in total. The quantitative estimate of drug-likeness (QED) is 0.111. The van der Waals surface area contributed by atoms with E-state index in [0.717, 1.165) is 0 Å². The third-order valence-corrected chi connectivity index (χ3v) is 6.16. The summed E-state index contributed by atoms with van der Waals surface area (Å²) < 4.78 is 0. The van der Waals surface area contributed by atoms with Gasteiger partial charge in [-0.05, 0) is 69.6 Å². The molecule has 0 fully saturated rings. The van der Waals surface area contributed by atoms with Crippen LogP contribution in [0.4, 0.5) is 0 Å². The lowest BCUT2D eigenvalue weighted by atomic mass is 10.1. The van der Waals surface area contributed by atoms with Crippen LogP contribution in [0.2, 0.25) is 0 Å². The Balaban J connectivity index is 5.36. The van der Waals surface area contributed by atoms with Gasteiger partial charge in [0.15, 0.2) is 0 Å². The molecule has 0 spiro atoms. The van der Waals surface area contributed by atoms with Gasteiger partial charge < -0.3 is 37.6 Å². The molecule has 0 aliphatic heterocycles. The first-order chi connectivity index (χ1) is 15.6. The van der Waals surface area contributed by atoms with Crippen LogP contribution in [0.15, 0.2) is 0 Å². The van der Waals surface area contributed by atoms with Gasteiger partial charge in [0.1, 0.15) is 24.2 Å². The second kappa shape index (κ2) is 17.9. The predicted molar refractivity (Wildman–Crippen MR) is 132 cm³/mol. The van der Waals surface area contributed by atoms with Crippen molar-refractivity contribution in [3.63, 3.8) is 0 Å². The summed E-state index contributed by atoms with van der Waals surface area (Å²) in [6.07, 6.45) is 4.59. The SMILES string of the molecule is CSCCC(NC(=O)C(CCSC)NC(=O)C(N)C(C)O)C(=O)NC(CCCCN)C(=O)O. The molecular formula is C20H39N5O6S2. The minimum atomic E-state index is -1.20. The average Bonchev–Trinajstić information content (AvgIpc) is 2.77. The first-order valence-corrected chi connectivity index (χ1v) is 13.6. The number of aliphatic carboxylic acids is 1. The zero-order valence-corrected chi connectivity index (χ0v) is 21.2. The maximum absolute atomic E-state index is 12.9. The summed E-state index contributed by atoms with van der Waals surface area (Å²) in [4.78, 5) is 49.5. The maximum Gasteiger partial charge on any atom is 0.326 e. The van der Waals surface area contributed by atoms with Crippen molar-refractivity contribution >= 4 is 47.2 Å². The van der Waals surface area contributed by atoms with E-state index >= 15 is 0 Å². The number of hydrogen-bond donors (Lipinski definition) is 7. The molecule has 0 aromatic rings. The molecule has 0 saturated heterocycles. The van der Waals surface area contributed by atoms with Crippen molar-refractivity contribution in [2.45, 2.75) is 69.3 Å². The van der Waals surface area contributed by atoms with Crippen LogP contribution >= 0.6 is 23.5 Å². The molecule has 5 unspecified atom stereocenters. The Morgan fingerprint density at radius 1 is 0.818 bits per heavy atom. The smallest absolute Gasteiger partial charge is 0.326 e.